The summed E-state index contributed by atoms with van der Waals surface area (Å²) in [6.07, 6.45) is 23.0. The van der Waals surface area contributed by atoms with Crippen LogP contribution in [0.2, 0.25) is 0 Å². The first-order valence-electron chi connectivity index (χ1n) is 13.3. The summed E-state index contributed by atoms with van der Waals surface area (Å²) in [4.78, 5) is 4.76. The van der Waals surface area contributed by atoms with Gasteiger partial charge in [-0.1, -0.05) is 121 Å². The number of rotatable bonds is 13. The Hall–Kier alpha value is -1.63. The largest absolute Gasteiger partial charge is 0.256 e. The van der Waals surface area contributed by atoms with Crippen LogP contribution in [0.3, 0.4) is 0 Å². The van der Waals surface area contributed by atoms with Gasteiger partial charge in [-0.25, -0.2) is 0 Å². The van der Waals surface area contributed by atoms with Crippen LogP contribution >= 0.6 is 0 Å². The van der Waals surface area contributed by atoms with Gasteiger partial charge < -0.3 is 0 Å². The summed E-state index contributed by atoms with van der Waals surface area (Å²) in [6.45, 7) is 4.54. The third-order valence-corrected chi connectivity index (χ3v) is 7.39. The molecule has 3 rings (SSSR count). The first-order chi connectivity index (χ1) is 15.3. The summed E-state index contributed by atoms with van der Waals surface area (Å²) in [5.41, 5.74) is 5.15. The summed E-state index contributed by atoms with van der Waals surface area (Å²) >= 11 is 0. The monoisotopic (exact) mass is 419 g/mol. The zero-order valence-corrected chi connectivity index (χ0v) is 20.2. The maximum absolute atomic E-state index is 4.76. The van der Waals surface area contributed by atoms with Gasteiger partial charge in [0.25, 0.3) is 0 Å². The van der Waals surface area contributed by atoms with Crippen LogP contribution < -0.4 is 0 Å². The van der Waals surface area contributed by atoms with Crippen LogP contribution in [0.15, 0.2) is 42.6 Å². The van der Waals surface area contributed by atoms with Crippen molar-refractivity contribution in [3.63, 3.8) is 0 Å². The van der Waals surface area contributed by atoms with E-state index in [1.807, 2.05) is 0 Å². The highest BCUT2D eigenvalue weighted by molar-refractivity contribution is 5.59. The molecule has 1 heteroatoms. The third-order valence-electron chi connectivity index (χ3n) is 7.39. The number of aryl methyl sites for hydroxylation is 2. The van der Waals surface area contributed by atoms with Crippen molar-refractivity contribution in [1.82, 2.24) is 4.98 Å². The Morgan fingerprint density at radius 2 is 1.29 bits per heavy atom. The molecule has 170 valence electrons. The second kappa shape index (κ2) is 13.7. The first-order valence-corrected chi connectivity index (χ1v) is 13.3. The molecule has 0 radical (unpaired) electrons. The molecule has 1 heterocycles. The van der Waals surface area contributed by atoms with Gasteiger partial charge in [-0.15, -0.1) is 0 Å². The van der Waals surface area contributed by atoms with Crippen molar-refractivity contribution in [1.29, 1.82) is 0 Å². The quantitative estimate of drug-likeness (QED) is 0.295. The predicted molar refractivity (Wildman–Crippen MR) is 135 cm³/mol. The maximum Gasteiger partial charge on any atom is 0.0702 e. The number of unbranched alkanes of at least 4 members (excludes halogenated alkanes) is 5. The topological polar surface area (TPSA) is 12.9 Å². The van der Waals surface area contributed by atoms with Crippen molar-refractivity contribution in [2.45, 2.75) is 110 Å². The Kier molecular flexibility index (Phi) is 10.6. The average molecular weight is 420 g/mol. The van der Waals surface area contributed by atoms with E-state index in [9.17, 15) is 0 Å². The summed E-state index contributed by atoms with van der Waals surface area (Å²) in [7, 11) is 0. The van der Waals surface area contributed by atoms with E-state index in [-0.39, 0.29) is 0 Å². The fourth-order valence-corrected chi connectivity index (χ4v) is 5.27. The number of aromatic nitrogens is 1. The van der Waals surface area contributed by atoms with Crippen LogP contribution in [-0.4, -0.2) is 4.98 Å². The highest BCUT2D eigenvalue weighted by atomic mass is 14.7. The average Bonchev–Trinajstić information content (AvgIpc) is 2.82. The highest BCUT2D eigenvalue weighted by Gasteiger charge is 2.20. The number of pyridine rings is 1. The smallest absolute Gasteiger partial charge is 0.0702 e. The third kappa shape index (κ3) is 8.43. The zero-order valence-electron chi connectivity index (χ0n) is 20.2. The molecule has 0 saturated heterocycles. The molecule has 1 fully saturated rings. The van der Waals surface area contributed by atoms with Gasteiger partial charge in [0.05, 0.1) is 5.69 Å². The van der Waals surface area contributed by atoms with Crippen LogP contribution in [0.25, 0.3) is 11.3 Å². The lowest BCUT2D eigenvalue weighted by Gasteiger charge is -2.28. The minimum absolute atomic E-state index is 0.937. The van der Waals surface area contributed by atoms with Gasteiger partial charge in [0, 0.05) is 11.8 Å². The first kappa shape index (κ1) is 24.0. The molecule has 0 N–H and O–H groups in total. The molecule has 1 aromatic carbocycles. The Morgan fingerprint density at radius 1 is 0.645 bits per heavy atom. The molecular formula is C30H45N. The van der Waals surface area contributed by atoms with Crippen LogP contribution in [0.1, 0.15) is 108 Å². The summed E-state index contributed by atoms with van der Waals surface area (Å²) in [6, 6.07) is 13.4. The van der Waals surface area contributed by atoms with Crippen LogP contribution in [0, 0.1) is 11.8 Å². The van der Waals surface area contributed by atoms with Gasteiger partial charge in [0.1, 0.15) is 0 Å². The molecule has 1 saturated carbocycles. The van der Waals surface area contributed by atoms with Crippen LogP contribution in [-0.2, 0) is 12.8 Å². The normalized spacial score (nSPS) is 18.9. The SMILES string of the molecule is CCCCCCCC[C@H]1CC[C@H](CCc2ccc(-c3ccc(CCC)cc3)nc2)CC1. The molecule has 2 aromatic rings. The molecule has 31 heavy (non-hydrogen) atoms. The van der Waals surface area contributed by atoms with E-state index in [4.69, 9.17) is 4.98 Å². The van der Waals surface area contributed by atoms with Crippen LogP contribution in [0.4, 0.5) is 0 Å². The van der Waals surface area contributed by atoms with Gasteiger partial charge in [0.15, 0.2) is 0 Å². The van der Waals surface area contributed by atoms with Crippen molar-refractivity contribution in [2.24, 2.45) is 11.8 Å². The van der Waals surface area contributed by atoms with E-state index in [1.54, 1.807) is 0 Å². The Morgan fingerprint density at radius 3 is 1.94 bits per heavy atom. The summed E-state index contributed by atoms with van der Waals surface area (Å²) in [5, 5.41) is 0. The van der Waals surface area contributed by atoms with Crippen molar-refractivity contribution in [2.75, 3.05) is 0 Å². The molecule has 1 nitrogen and oxygen atoms in total. The van der Waals surface area contributed by atoms with Gasteiger partial charge >= 0.3 is 0 Å². The van der Waals surface area contributed by atoms with E-state index >= 15 is 0 Å². The standard InChI is InChI=1S/C30H45N/c1-3-5-6-7-8-9-11-26-12-14-27(15-13-26)16-17-28-20-23-30(31-24-28)29-21-18-25(10-4-2)19-22-29/h18-24,26-27H,3-17H2,1-2H3/t26-,27-. The molecule has 1 aliphatic rings. The minimum atomic E-state index is 0.937. The Labute approximate surface area is 192 Å². The molecule has 0 bridgehead atoms. The molecule has 0 spiro atoms. The summed E-state index contributed by atoms with van der Waals surface area (Å²) in [5.74, 6) is 1.96. The number of hydrogen-bond acceptors (Lipinski definition) is 1. The number of hydrogen-bond donors (Lipinski definition) is 0. The molecular weight excluding hydrogens is 374 g/mol. The second-order valence-electron chi connectivity index (χ2n) is 9.98. The minimum Gasteiger partial charge on any atom is -0.256 e. The van der Waals surface area contributed by atoms with Crippen molar-refractivity contribution < 1.29 is 0 Å². The predicted octanol–water partition coefficient (Wildman–Crippen LogP) is 9.19. The van der Waals surface area contributed by atoms with Crippen molar-refractivity contribution in [3.05, 3.63) is 53.7 Å². The van der Waals surface area contributed by atoms with Crippen molar-refractivity contribution in [3.8, 4) is 11.3 Å². The fraction of sp³-hybridized carbons (Fsp3) is 0.633. The van der Waals surface area contributed by atoms with E-state index < -0.39 is 0 Å². The Bertz CT molecular complexity index is 707. The van der Waals surface area contributed by atoms with Gasteiger partial charge in [-0.05, 0) is 48.3 Å². The number of nitrogens with zero attached hydrogens (tertiary/aromatic N) is 1. The lowest BCUT2D eigenvalue weighted by Crippen LogP contribution is -2.15. The summed E-state index contributed by atoms with van der Waals surface area (Å²) < 4.78 is 0. The van der Waals surface area contributed by atoms with Gasteiger partial charge in [-0.2, -0.15) is 0 Å². The lowest BCUT2D eigenvalue weighted by atomic mass is 9.78. The second-order valence-corrected chi connectivity index (χ2v) is 9.98. The van der Waals surface area contributed by atoms with E-state index in [0.717, 1.165) is 24.0 Å². The van der Waals surface area contributed by atoms with E-state index in [0.29, 0.717) is 0 Å². The maximum atomic E-state index is 4.76. The van der Waals surface area contributed by atoms with Gasteiger partial charge in [-0.3, -0.25) is 4.98 Å². The molecule has 0 amide bonds. The van der Waals surface area contributed by atoms with E-state index in [1.165, 1.54) is 107 Å². The van der Waals surface area contributed by atoms with Gasteiger partial charge in [0.2, 0.25) is 0 Å². The molecule has 0 aliphatic heterocycles. The van der Waals surface area contributed by atoms with Crippen LogP contribution in [0.5, 0.6) is 0 Å². The highest BCUT2D eigenvalue weighted by Crippen LogP contribution is 2.34. The Balaban J connectivity index is 1.33. The molecule has 1 aliphatic carbocycles. The molecule has 0 atom stereocenters. The molecule has 1 aromatic heterocycles. The van der Waals surface area contributed by atoms with Crippen molar-refractivity contribution >= 4 is 0 Å². The molecule has 0 unspecified atom stereocenters. The number of benzene rings is 1. The fourth-order valence-electron chi connectivity index (χ4n) is 5.27. The van der Waals surface area contributed by atoms with E-state index in [2.05, 4.69) is 56.4 Å². The lowest BCUT2D eigenvalue weighted by molar-refractivity contribution is 0.248. The zero-order chi connectivity index (χ0) is 21.7.